The Labute approximate surface area is 127 Å². The van der Waals surface area contributed by atoms with E-state index in [4.69, 9.17) is 4.74 Å². The summed E-state index contributed by atoms with van der Waals surface area (Å²) in [7, 11) is 1.57. The Kier molecular flexibility index (Phi) is 4.54. The highest BCUT2D eigenvalue weighted by Gasteiger charge is 2.13. The van der Waals surface area contributed by atoms with Crippen molar-refractivity contribution in [3.8, 4) is 17.6 Å². The first kappa shape index (κ1) is 15.3. The third-order valence-corrected chi connectivity index (χ3v) is 3.03. The summed E-state index contributed by atoms with van der Waals surface area (Å²) in [5, 5.41) is 11.0. The minimum Gasteiger partial charge on any atom is -0.497 e. The van der Waals surface area contributed by atoms with E-state index in [0.29, 0.717) is 16.9 Å². The van der Waals surface area contributed by atoms with Gasteiger partial charge in [-0.1, -0.05) is 11.8 Å². The zero-order valence-corrected chi connectivity index (χ0v) is 12.1. The summed E-state index contributed by atoms with van der Waals surface area (Å²) >= 11 is 0. The molecule has 2 aromatic rings. The summed E-state index contributed by atoms with van der Waals surface area (Å²) in [5.74, 6) is 6.15. The molecule has 0 aliphatic rings. The van der Waals surface area contributed by atoms with E-state index in [9.17, 15) is 14.9 Å². The van der Waals surface area contributed by atoms with Crippen LogP contribution in [0.25, 0.3) is 0 Å². The van der Waals surface area contributed by atoms with Gasteiger partial charge in [-0.25, -0.2) is 0 Å². The Balaban J connectivity index is 2.42. The predicted molar refractivity (Wildman–Crippen MR) is 82.1 cm³/mol. The first-order valence-electron chi connectivity index (χ1n) is 6.46. The van der Waals surface area contributed by atoms with Crippen molar-refractivity contribution in [2.75, 3.05) is 7.11 Å². The minimum absolute atomic E-state index is 0.119. The van der Waals surface area contributed by atoms with E-state index < -0.39 is 4.92 Å². The number of nitro groups is 1. The average Bonchev–Trinajstić information content (AvgIpc) is 2.52. The van der Waals surface area contributed by atoms with Crippen molar-refractivity contribution < 1.29 is 14.5 Å². The van der Waals surface area contributed by atoms with Gasteiger partial charge < -0.3 is 4.74 Å². The van der Waals surface area contributed by atoms with Crippen LogP contribution in [0.15, 0.2) is 42.5 Å². The second-order valence-corrected chi connectivity index (χ2v) is 4.52. The molecule has 0 saturated heterocycles. The summed E-state index contributed by atoms with van der Waals surface area (Å²) in [4.78, 5) is 21.9. The van der Waals surface area contributed by atoms with E-state index in [-0.39, 0.29) is 17.0 Å². The highest BCUT2D eigenvalue weighted by Crippen LogP contribution is 2.20. The molecule has 0 aromatic heterocycles. The number of nitrogens with zero attached hydrogens (tertiary/aromatic N) is 1. The van der Waals surface area contributed by atoms with Crippen molar-refractivity contribution in [3.05, 3.63) is 69.3 Å². The van der Waals surface area contributed by atoms with Crippen LogP contribution < -0.4 is 4.74 Å². The molecule has 5 heteroatoms. The lowest BCUT2D eigenvalue weighted by Gasteiger charge is -1.99. The molecule has 0 amide bonds. The molecule has 0 spiro atoms. The topological polar surface area (TPSA) is 69.4 Å². The summed E-state index contributed by atoms with van der Waals surface area (Å²) in [5.41, 5.74) is 1.19. The van der Waals surface area contributed by atoms with Crippen LogP contribution in [-0.4, -0.2) is 17.8 Å². The number of carbonyl (C=O) groups is 1. The average molecular weight is 295 g/mol. The van der Waals surface area contributed by atoms with Gasteiger partial charge in [0.2, 0.25) is 0 Å². The summed E-state index contributed by atoms with van der Waals surface area (Å²) in [6, 6.07) is 11.2. The van der Waals surface area contributed by atoms with Crippen LogP contribution >= 0.6 is 0 Å². The summed E-state index contributed by atoms with van der Waals surface area (Å²) in [6.07, 6.45) is 0. The van der Waals surface area contributed by atoms with Gasteiger partial charge in [0.1, 0.15) is 11.3 Å². The lowest BCUT2D eigenvalue weighted by molar-refractivity contribution is -0.385. The van der Waals surface area contributed by atoms with Crippen LogP contribution in [0.4, 0.5) is 5.69 Å². The minimum atomic E-state index is -0.512. The zero-order chi connectivity index (χ0) is 16.1. The van der Waals surface area contributed by atoms with Gasteiger partial charge in [0.05, 0.1) is 12.0 Å². The molecule has 2 rings (SSSR count). The van der Waals surface area contributed by atoms with Crippen LogP contribution in [0.2, 0.25) is 0 Å². The number of methoxy groups -OCH3 is 1. The van der Waals surface area contributed by atoms with E-state index in [1.807, 2.05) is 0 Å². The molecule has 0 atom stereocenters. The molecule has 0 bridgehead atoms. The van der Waals surface area contributed by atoms with Gasteiger partial charge in [0.15, 0.2) is 5.78 Å². The number of benzene rings is 2. The van der Waals surface area contributed by atoms with Crippen molar-refractivity contribution in [2.45, 2.75) is 6.92 Å². The largest absolute Gasteiger partial charge is 0.497 e. The van der Waals surface area contributed by atoms with Crippen LogP contribution in [0.3, 0.4) is 0 Å². The normalized spacial score (nSPS) is 9.55. The maximum atomic E-state index is 11.4. The van der Waals surface area contributed by atoms with Crippen molar-refractivity contribution in [1.29, 1.82) is 0 Å². The smallest absolute Gasteiger partial charge is 0.284 e. The highest BCUT2D eigenvalue weighted by atomic mass is 16.6. The monoisotopic (exact) mass is 295 g/mol. The van der Waals surface area contributed by atoms with Crippen molar-refractivity contribution in [1.82, 2.24) is 0 Å². The number of ketones is 1. The molecule has 0 saturated carbocycles. The first-order chi connectivity index (χ1) is 10.5. The van der Waals surface area contributed by atoms with Crippen molar-refractivity contribution in [3.63, 3.8) is 0 Å². The lowest BCUT2D eigenvalue weighted by atomic mass is 10.1. The SMILES string of the molecule is COc1ccc(C#Cc2cc(C(C)=O)ccc2[N+](=O)[O-])cc1. The fraction of sp³-hybridized carbons (Fsp3) is 0.118. The van der Waals surface area contributed by atoms with Gasteiger partial charge in [-0.2, -0.15) is 0 Å². The molecule has 0 unspecified atom stereocenters. The molecule has 0 aliphatic heterocycles. The molecule has 2 aromatic carbocycles. The van der Waals surface area contributed by atoms with E-state index >= 15 is 0 Å². The molecule has 0 heterocycles. The molecule has 0 aliphatic carbocycles. The predicted octanol–water partition coefficient (Wildman–Crippen LogP) is 3.21. The van der Waals surface area contributed by atoms with Gasteiger partial charge in [-0.05, 0) is 43.3 Å². The Bertz CT molecular complexity index is 783. The third kappa shape index (κ3) is 3.49. The number of ether oxygens (including phenoxy) is 1. The lowest BCUT2D eigenvalue weighted by Crippen LogP contribution is -1.97. The zero-order valence-electron chi connectivity index (χ0n) is 12.1. The molecular weight excluding hydrogens is 282 g/mol. The molecular formula is C17H13NO4. The third-order valence-electron chi connectivity index (χ3n) is 3.03. The Morgan fingerprint density at radius 2 is 1.82 bits per heavy atom. The number of hydrogen-bond donors (Lipinski definition) is 0. The van der Waals surface area contributed by atoms with E-state index in [2.05, 4.69) is 11.8 Å². The maximum Gasteiger partial charge on any atom is 0.284 e. The van der Waals surface area contributed by atoms with Crippen molar-refractivity contribution >= 4 is 11.5 Å². The molecule has 5 nitrogen and oxygen atoms in total. The number of hydrogen-bond acceptors (Lipinski definition) is 4. The number of rotatable bonds is 3. The van der Waals surface area contributed by atoms with E-state index in [1.165, 1.54) is 25.1 Å². The van der Waals surface area contributed by atoms with Gasteiger partial charge >= 0.3 is 0 Å². The number of Topliss-reactive ketones (excluding diaryl/α,β-unsaturated/α-hetero) is 1. The van der Waals surface area contributed by atoms with Crippen molar-refractivity contribution in [2.24, 2.45) is 0 Å². The fourth-order valence-corrected chi connectivity index (χ4v) is 1.83. The van der Waals surface area contributed by atoms with Gasteiger partial charge in [-0.3, -0.25) is 14.9 Å². The summed E-state index contributed by atoms with van der Waals surface area (Å²) < 4.78 is 5.05. The number of carbonyl (C=O) groups excluding carboxylic acids is 1. The Morgan fingerprint density at radius 3 is 2.36 bits per heavy atom. The molecule has 110 valence electrons. The second-order valence-electron chi connectivity index (χ2n) is 4.52. The van der Waals surface area contributed by atoms with Crippen LogP contribution in [-0.2, 0) is 0 Å². The van der Waals surface area contributed by atoms with E-state index in [0.717, 1.165) is 0 Å². The number of nitro benzene ring substituents is 1. The fourth-order valence-electron chi connectivity index (χ4n) is 1.83. The van der Waals surface area contributed by atoms with Crippen LogP contribution in [0.1, 0.15) is 28.4 Å². The van der Waals surface area contributed by atoms with Crippen LogP contribution in [0, 0.1) is 22.0 Å². The first-order valence-corrected chi connectivity index (χ1v) is 6.46. The Morgan fingerprint density at radius 1 is 1.14 bits per heavy atom. The quantitative estimate of drug-likeness (QED) is 0.377. The molecule has 0 N–H and O–H groups in total. The Hall–Kier alpha value is -3.13. The van der Waals surface area contributed by atoms with E-state index in [1.54, 1.807) is 31.4 Å². The highest BCUT2D eigenvalue weighted by molar-refractivity contribution is 5.94. The molecule has 0 radical (unpaired) electrons. The molecule has 0 fully saturated rings. The standard InChI is InChI=1S/C17H13NO4/c1-12(19)14-7-10-17(18(20)21)15(11-14)6-3-13-4-8-16(22-2)9-5-13/h4-5,7-11H,1-2H3. The molecule has 22 heavy (non-hydrogen) atoms. The van der Waals surface area contributed by atoms with Crippen LogP contribution in [0.5, 0.6) is 5.75 Å². The summed E-state index contributed by atoms with van der Waals surface area (Å²) in [6.45, 7) is 1.40. The maximum absolute atomic E-state index is 11.4. The van der Waals surface area contributed by atoms with Gasteiger partial charge in [0, 0.05) is 17.2 Å². The van der Waals surface area contributed by atoms with Gasteiger partial charge in [0.25, 0.3) is 5.69 Å². The second kappa shape index (κ2) is 6.55. The van der Waals surface area contributed by atoms with Gasteiger partial charge in [-0.15, -0.1) is 0 Å².